The molecule has 1 atom stereocenters. The van der Waals surface area contributed by atoms with E-state index in [1.807, 2.05) is 67.6 Å². The van der Waals surface area contributed by atoms with Crippen LogP contribution in [0.1, 0.15) is 6.92 Å². The van der Waals surface area contributed by atoms with Crippen LogP contribution in [0.5, 0.6) is 0 Å². The maximum Gasteiger partial charge on any atom is 0.246 e. The maximum absolute atomic E-state index is 12.7. The van der Waals surface area contributed by atoms with Gasteiger partial charge in [-0.2, -0.15) is 0 Å². The summed E-state index contributed by atoms with van der Waals surface area (Å²) in [5.74, 6) is 0.303. The Morgan fingerprint density at radius 1 is 1.11 bits per heavy atom. The summed E-state index contributed by atoms with van der Waals surface area (Å²) >= 11 is 1.51. The third-order valence-electron chi connectivity index (χ3n) is 4.44. The summed E-state index contributed by atoms with van der Waals surface area (Å²) in [6, 6.07) is 19.1. The van der Waals surface area contributed by atoms with Crippen LogP contribution in [0.2, 0.25) is 0 Å². The van der Waals surface area contributed by atoms with Gasteiger partial charge in [-0.25, -0.2) is 0 Å². The lowest BCUT2D eigenvalue weighted by molar-refractivity contribution is -0.116. The number of carbonyl (C=O) groups excluding carboxylic acids is 2. The van der Waals surface area contributed by atoms with Crippen molar-refractivity contribution in [3.63, 3.8) is 0 Å². The molecule has 136 valence electrons. The molecule has 0 aromatic heterocycles. The van der Waals surface area contributed by atoms with Crippen LogP contribution in [-0.4, -0.2) is 23.6 Å². The van der Waals surface area contributed by atoms with Gasteiger partial charge in [0.2, 0.25) is 11.8 Å². The average molecular weight is 377 g/mol. The molecular weight excluding hydrogens is 358 g/mol. The third kappa shape index (κ3) is 3.75. The smallest absolute Gasteiger partial charge is 0.246 e. The Balaban J connectivity index is 1.48. The number of hydrogen-bond acceptors (Lipinski definition) is 4. The predicted octanol–water partition coefficient (Wildman–Crippen LogP) is 4.32. The molecule has 4 rings (SSSR count). The van der Waals surface area contributed by atoms with Crippen LogP contribution in [-0.2, 0) is 9.59 Å². The SMILES string of the molecule is C[C@@H](Nc1ccc2c(c1)NC(=O)CS2)C(=O)Nc1cccc2ccccc12. The summed E-state index contributed by atoms with van der Waals surface area (Å²) < 4.78 is 0. The molecule has 1 aliphatic heterocycles. The monoisotopic (exact) mass is 377 g/mol. The van der Waals surface area contributed by atoms with E-state index in [1.165, 1.54) is 11.8 Å². The number of anilines is 3. The number of benzene rings is 3. The summed E-state index contributed by atoms with van der Waals surface area (Å²) in [6.07, 6.45) is 0. The number of carbonyl (C=O) groups is 2. The zero-order valence-electron chi connectivity index (χ0n) is 14.8. The van der Waals surface area contributed by atoms with Crippen LogP contribution in [0.25, 0.3) is 10.8 Å². The first-order chi connectivity index (χ1) is 13.1. The lowest BCUT2D eigenvalue weighted by atomic mass is 10.1. The third-order valence-corrected chi connectivity index (χ3v) is 5.51. The standard InChI is InChI=1S/C21H19N3O2S/c1-13(22-15-9-10-19-18(11-15)23-20(25)12-27-19)21(26)24-17-8-4-6-14-5-2-3-7-16(14)17/h2-11,13,22H,12H2,1H3,(H,23,25)(H,24,26)/t13-/m1/s1. The van der Waals surface area contributed by atoms with E-state index >= 15 is 0 Å². The van der Waals surface area contributed by atoms with Crippen LogP contribution in [0.3, 0.4) is 0 Å². The van der Waals surface area contributed by atoms with E-state index in [-0.39, 0.29) is 11.8 Å². The minimum Gasteiger partial charge on any atom is -0.374 e. The fourth-order valence-electron chi connectivity index (χ4n) is 3.06. The zero-order chi connectivity index (χ0) is 18.8. The molecule has 1 heterocycles. The van der Waals surface area contributed by atoms with Crippen LogP contribution in [0.4, 0.5) is 17.1 Å². The van der Waals surface area contributed by atoms with E-state index in [0.29, 0.717) is 5.75 Å². The predicted molar refractivity (Wildman–Crippen MR) is 111 cm³/mol. The van der Waals surface area contributed by atoms with Gasteiger partial charge in [0.25, 0.3) is 0 Å². The highest BCUT2D eigenvalue weighted by Gasteiger charge is 2.18. The van der Waals surface area contributed by atoms with Gasteiger partial charge < -0.3 is 16.0 Å². The Morgan fingerprint density at radius 3 is 2.81 bits per heavy atom. The Bertz CT molecular complexity index is 1030. The van der Waals surface area contributed by atoms with Gasteiger partial charge in [-0.1, -0.05) is 36.4 Å². The lowest BCUT2D eigenvalue weighted by Gasteiger charge is -2.20. The van der Waals surface area contributed by atoms with Gasteiger partial charge in [-0.3, -0.25) is 9.59 Å². The van der Waals surface area contributed by atoms with Gasteiger partial charge in [-0.15, -0.1) is 11.8 Å². The number of rotatable bonds is 4. The highest BCUT2D eigenvalue weighted by Crippen LogP contribution is 2.33. The fourth-order valence-corrected chi connectivity index (χ4v) is 3.85. The molecule has 0 bridgehead atoms. The van der Waals surface area contributed by atoms with Crippen molar-refractivity contribution in [2.45, 2.75) is 17.9 Å². The van der Waals surface area contributed by atoms with Crippen LogP contribution in [0, 0.1) is 0 Å². The summed E-state index contributed by atoms with van der Waals surface area (Å²) in [4.78, 5) is 25.3. The molecule has 0 aliphatic carbocycles. The second kappa shape index (κ2) is 7.32. The first kappa shape index (κ1) is 17.4. The highest BCUT2D eigenvalue weighted by molar-refractivity contribution is 8.00. The molecule has 5 nitrogen and oxygen atoms in total. The Hall–Kier alpha value is -2.99. The largest absolute Gasteiger partial charge is 0.374 e. The lowest BCUT2D eigenvalue weighted by Crippen LogP contribution is -2.32. The molecule has 27 heavy (non-hydrogen) atoms. The van der Waals surface area contributed by atoms with Gasteiger partial charge in [0.1, 0.15) is 6.04 Å². The summed E-state index contributed by atoms with van der Waals surface area (Å²) in [6.45, 7) is 1.81. The molecule has 0 saturated heterocycles. The highest BCUT2D eigenvalue weighted by atomic mass is 32.2. The van der Waals surface area contributed by atoms with E-state index in [1.54, 1.807) is 0 Å². The molecule has 0 saturated carbocycles. The summed E-state index contributed by atoms with van der Waals surface area (Å²) in [5, 5.41) is 11.2. The van der Waals surface area contributed by atoms with Crippen molar-refractivity contribution in [1.82, 2.24) is 0 Å². The molecule has 0 unspecified atom stereocenters. The average Bonchev–Trinajstić information content (AvgIpc) is 2.68. The van der Waals surface area contributed by atoms with Gasteiger partial charge >= 0.3 is 0 Å². The molecule has 3 aromatic rings. The molecular formula is C21H19N3O2S. The second-order valence-corrected chi connectivity index (χ2v) is 7.45. The maximum atomic E-state index is 12.7. The molecule has 0 spiro atoms. The van der Waals surface area contributed by atoms with Gasteiger partial charge in [0, 0.05) is 21.7 Å². The Kier molecular flexibility index (Phi) is 4.73. The second-order valence-electron chi connectivity index (χ2n) is 6.43. The first-order valence-electron chi connectivity index (χ1n) is 8.72. The Labute approximate surface area is 161 Å². The molecule has 2 amide bonds. The van der Waals surface area contributed by atoms with Crippen molar-refractivity contribution >= 4 is 51.4 Å². The van der Waals surface area contributed by atoms with E-state index < -0.39 is 6.04 Å². The minimum atomic E-state index is -0.436. The minimum absolute atomic E-state index is 0.00797. The number of nitrogens with one attached hydrogen (secondary N) is 3. The number of amides is 2. The Morgan fingerprint density at radius 2 is 1.93 bits per heavy atom. The molecule has 0 radical (unpaired) electrons. The summed E-state index contributed by atoms with van der Waals surface area (Å²) in [7, 11) is 0. The topological polar surface area (TPSA) is 70.2 Å². The van der Waals surface area contributed by atoms with Crippen LogP contribution in [0.15, 0.2) is 65.6 Å². The molecule has 3 aromatic carbocycles. The molecule has 6 heteroatoms. The van der Waals surface area contributed by atoms with Crippen molar-refractivity contribution in [1.29, 1.82) is 0 Å². The van der Waals surface area contributed by atoms with Crippen molar-refractivity contribution < 1.29 is 9.59 Å². The van der Waals surface area contributed by atoms with Gasteiger partial charge in [-0.05, 0) is 36.6 Å². The fraction of sp³-hybridized carbons (Fsp3) is 0.143. The van der Waals surface area contributed by atoms with E-state index in [2.05, 4.69) is 16.0 Å². The first-order valence-corrected chi connectivity index (χ1v) is 9.70. The molecule has 1 aliphatic rings. The van der Waals surface area contributed by atoms with E-state index in [0.717, 1.165) is 32.7 Å². The van der Waals surface area contributed by atoms with Crippen molar-refractivity contribution in [3.05, 3.63) is 60.7 Å². The van der Waals surface area contributed by atoms with Crippen molar-refractivity contribution in [2.75, 3.05) is 21.7 Å². The van der Waals surface area contributed by atoms with E-state index in [9.17, 15) is 9.59 Å². The quantitative estimate of drug-likeness (QED) is 0.633. The van der Waals surface area contributed by atoms with E-state index in [4.69, 9.17) is 0 Å². The zero-order valence-corrected chi connectivity index (χ0v) is 15.6. The van der Waals surface area contributed by atoms with Crippen LogP contribution >= 0.6 is 11.8 Å². The number of thioether (sulfide) groups is 1. The summed E-state index contributed by atoms with van der Waals surface area (Å²) in [5.41, 5.74) is 2.36. The van der Waals surface area contributed by atoms with Gasteiger partial charge in [0.15, 0.2) is 0 Å². The van der Waals surface area contributed by atoms with Crippen molar-refractivity contribution in [2.24, 2.45) is 0 Å². The number of fused-ring (bicyclic) bond motifs is 2. The number of hydrogen-bond donors (Lipinski definition) is 3. The van der Waals surface area contributed by atoms with Gasteiger partial charge in [0.05, 0.1) is 11.4 Å². The van der Waals surface area contributed by atoms with Crippen molar-refractivity contribution in [3.8, 4) is 0 Å². The molecule has 0 fully saturated rings. The normalized spacial score (nSPS) is 14.2. The van der Waals surface area contributed by atoms with Crippen LogP contribution < -0.4 is 16.0 Å². The molecule has 3 N–H and O–H groups in total.